The first-order valence-corrected chi connectivity index (χ1v) is 10.1. The minimum absolute atomic E-state index is 0.0112. The van der Waals surface area contributed by atoms with Crippen LogP contribution in [0.25, 0.3) is 0 Å². The first-order chi connectivity index (χ1) is 13.5. The van der Waals surface area contributed by atoms with E-state index in [4.69, 9.17) is 4.74 Å². The van der Waals surface area contributed by atoms with E-state index in [1.54, 1.807) is 0 Å². The molecule has 1 aromatic rings. The molecule has 1 unspecified atom stereocenters. The molecule has 1 aliphatic heterocycles. The number of guanidine groups is 1. The summed E-state index contributed by atoms with van der Waals surface area (Å²) in [6.07, 6.45) is 1.67. The van der Waals surface area contributed by atoms with Gasteiger partial charge in [0.2, 0.25) is 5.91 Å². The zero-order valence-electron chi connectivity index (χ0n) is 17.3. The normalized spacial score (nSPS) is 19.7. The topological polar surface area (TPSA) is 95.0 Å². The lowest BCUT2D eigenvalue weighted by molar-refractivity contribution is -0.118. The van der Waals surface area contributed by atoms with Crippen molar-refractivity contribution in [1.29, 1.82) is 0 Å². The van der Waals surface area contributed by atoms with Gasteiger partial charge in [0.25, 0.3) is 0 Å². The number of ether oxygens (including phenoxy) is 1. The molecular weight excluding hydrogens is 356 g/mol. The molecule has 0 radical (unpaired) electrons. The maximum atomic E-state index is 11.8. The Morgan fingerprint density at radius 2 is 2.04 bits per heavy atom. The Balaban J connectivity index is 1.93. The van der Waals surface area contributed by atoms with Gasteiger partial charge in [-0.1, -0.05) is 26.0 Å². The fourth-order valence-electron chi connectivity index (χ4n) is 3.08. The molecule has 1 aliphatic rings. The molecule has 0 saturated carbocycles. The fourth-order valence-corrected chi connectivity index (χ4v) is 3.08. The van der Waals surface area contributed by atoms with Crippen LogP contribution in [0, 0.1) is 11.3 Å². The highest BCUT2D eigenvalue weighted by atomic mass is 16.5. The number of aliphatic imine (C=N–C) groups is 1. The van der Waals surface area contributed by atoms with Crippen molar-refractivity contribution in [2.75, 3.05) is 38.2 Å². The summed E-state index contributed by atoms with van der Waals surface area (Å²) >= 11 is 0. The van der Waals surface area contributed by atoms with Crippen molar-refractivity contribution in [3.8, 4) is 0 Å². The van der Waals surface area contributed by atoms with E-state index in [2.05, 4.69) is 20.9 Å². The monoisotopic (exact) mass is 390 g/mol. The quantitative estimate of drug-likeness (QED) is 0.383. The standard InChI is InChI=1S/C21H34N4O3/c1-4-22-20(24-14-21(9-11-26)10-12-28-15-21)23-13-17-5-7-18(8-6-17)25-19(27)16(2)3/h5-8,16,26H,4,9-15H2,1-3H3,(H,25,27)(H2,22,23,24). The lowest BCUT2D eigenvalue weighted by atomic mass is 9.84. The number of anilines is 1. The Morgan fingerprint density at radius 3 is 2.61 bits per heavy atom. The fraction of sp³-hybridized carbons (Fsp3) is 0.619. The molecule has 1 atom stereocenters. The first kappa shape index (κ1) is 22.2. The van der Waals surface area contributed by atoms with Crippen molar-refractivity contribution in [3.63, 3.8) is 0 Å². The van der Waals surface area contributed by atoms with E-state index in [0.717, 1.165) is 49.7 Å². The summed E-state index contributed by atoms with van der Waals surface area (Å²) in [5, 5.41) is 18.9. The van der Waals surface area contributed by atoms with E-state index in [0.29, 0.717) is 13.2 Å². The van der Waals surface area contributed by atoms with Crippen LogP contribution in [0.2, 0.25) is 0 Å². The summed E-state index contributed by atoms with van der Waals surface area (Å²) in [4.78, 5) is 16.4. The number of benzene rings is 1. The van der Waals surface area contributed by atoms with Crippen molar-refractivity contribution >= 4 is 17.6 Å². The zero-order valence-corrected chi connectivity index (χ0v) is 17.3. The maximum Gasteiger partial charge on any atom is 0.226 e. The molecule has 0 bridgehead atoms. The number of hydrogen-bond donors (Lipinski definition) is 4. The van der Waals surface area contributed by atoms with Crippen LogP contribution in [0.1, 0.15) is 39.2 Å². The van der Waals surface area contributed by atoms with Crippen LogP contribution in [0.5, 0.6) is 0 Å². The van der Waals surface area contributed by atoms with Crippen molar-refractivity contribution in [3.05, 3.63) is 29.8 Å². The third-order valence-corrected chi connectivity index (χ3v) is 4.97. The van der Waals surface area contributed by atoms with Crippen LogP contribution in [0.3, 0.4) is 0 Å². The van der Waals surface area contributed by atoms with Crippen LogP contribution < -0.4 is 16.0 Å². The number of carbonyl (C=O) groups is 1. The Kier molecular flexibility index (Phi) is 8.73. The van der Waals surface area contributed by atoms with Gasteiger partial charge in [-0.2, -0.15) is 0 Å². The molecule has 156 valence electrons. The van der Waals surface area contributed by atoms with Gasteiger partial charge in [-0.05, 0) is 37.5 Å². The van der Waals surface area contributed by atoms with Crippen LogP contribution in [-0.2, 0) is 16.1 Å². The summed E-state index contributed by atoms with van der Waals surface area (Å²) in [5.41, 5.74) is 1.83. The van der Waals surface area contributed by atoms with E-state index >= 15 is 0 Å². The molecule has 1 heterocycles. The Morgan fingerprint density at radius 1 is 1.29 bits per heavy atom. The lowest BCUT2D eigenvalue weighted by Crippen LogP contribution is -2.44. The van der Waals surface area contributed by atoms with Crippen LogP contribution >= 0.6 is 0 Å². The summed E-state index contributed by atoms with van der Waals surface area (Å²) < 4.78 is 5.55. The molecular formula is C21H34N4O3. The predicted molar refractivity (Wildman–Crippen MR) is 112 cm³/mol. The highest BCUT2D eigenvalue weighted by Gasteiger charge is 2.34. The molecule has 4 N–H and O–H groups in total. The number of hydrogen-bond acceptors (Lipinski definition) is 4. The van der Waals surface area contributed by atoms with E-state index < -0.39 is 0 Å². The highest BCUT2D eigenvalue weighted by Crippen LogP contribution is 2.31. The van der Waals surface area contributed by atoms with E-state index in [-0.39, 0.29) is 23.8 Å². The van der Waals surface area contributed by atoms with Crippen molar-refractivity contribution in [2.24, 2.45) is 16.3 Å². The second kappa shape index (κ2) is 11.0. The zero-order chi connectivity index (χ0) is 20.4. The number of rotatable bonds is 9. The summed E-state index contributed by atoms with van der Waals surface area (Å²) in [5.74, 6) is 0.721. The number of carbonyl (C=O) groups excluding carboxylic acids is 1. The SMILES string of the molecule is CCNC(=NCc1ccc(NC(=O)C(C)C)cc1)NCC1(CCO)CCOC1. The van der Waals surface area contributed by atoms with Gasteiger partial charge >= 0.3 is 0 Å². The van der Waals surface area contributed by atoms with Crippen LogP contribution in [0.15, 0.2) is 29.3 Å². The van der Waals surface area contributed by atoms with Gasteiger partial charge < -0.3 is 25.8 Å². The molecule has 7 nitrogen and oxygen atoms in total. The third-order valence-electron chi connectivity index (χ3n) is 4.97. The highest BCUT2D eigenvalue weighted by molar-refractivity contribution is 5.92. The lowest BCUT2D eigenvalue weighted by Gasteiger charge is -2.27. The van der Waals surface area contributed by atoms with Crippen molar-refractivity contribution in [2.45, 2.75) is 40.2 Å². The smallest absolute Gasteiger partial charge is 0.226 e. The van der Waals surface area contributed by atoms with Gasteiger partial charge in [0.05, 0.1) is 13.2 Å². The minimum atomic E-state index is -0.0441. The van der Waals surface area contributed by atoms with Gasteiger partial charge in [0, 0.05) is 43.3 Å². The van der Waals surface area contributed by atoms with Crippen LogP contribution in [-0.4, -0.2) is 49.9 Å². The molecule has 1 aromatic carbocycles. The van der Waals surface area contributed by atoms with E-state index in [1.165, 1.54) is 0 Å². The molecule has 1 saturated heterocycles. The second-order valence-electron chi connectivity index (χ2n) is 7.67. The summed E-state index contributed by atoms with van der Waals surface area (Å²) in [7, 11) is 0. The largest absolute Gasteiger partial charge is 0.396 e. The number of amides is 1. The minimum Gasteiger partial charge on any atom is -0.396 e. The Bertz CT molecular complexity index is 638. The average molecular weight is 391 g/mol. The molecule has 0 spiro atoms. The number of nitrogens with zero attached hydrogens (tertiary/aromatic N) is 1. The Hall–Kier alpha value is -2.12. The third kappa shape index (κ3) is 6.80. The molecule has 2 rings (SSSR count). The molecule has 1 fully saturated rings. The molecule has 28 heavy (non-hydrogen) atoms. The molecule has 0 aliphatic carbocycles. The Labute approximate surface area is 168 Å². The van der Waals surface area contributed by atoms with Gasteiger partial charge in [-0.15, -0.1) is 0 Å². The number of aliphatic hydroxyl groups excluding tert-OH is 1. The second-order valence-corrected chi connectivity index (χ2v) is 7.67. The average Bonchev–Trinajstić information content (AvgIpc) is 3.14. The molecule has 7 heteroatoms. The van der Waals surface area contributed by atoms with Crippen molar-refractivity contribution in [1.82, 2.24) is 10.6 Å². The summed E-state index contributed by atoms with van der Waals surface area (Å²) in [6.45, 7) is 9.39. The maximum absolute atomic E-state index is 11.8. The predicted octanol–water partition coefficient (Wildman–Crippen LogP) is 2.13. The van der Waals surface area contributed by atoms with Gasteiger partial charge in [-0.25, -0.2) is 4.99 Å². The van der Waals surface area contributed by atoms with E-state index in [1.807, 2.05) is 45.0 Å². The van der Waals surface area contributed by atoms with E-state index in [9.17, 15) is 9.90 Å². The summed E-state index contributed by atoms with van der Waals surface area (Å²) in [6, 6.07) is 7.75. The number of nitrogens with one attached hydrogen (secondary N) is 3. The molecule has 0 aromatic heterocycles. The van der Waals surface area contributed by atoms with Crippen LogP contribution in [0.4, 0.5) is 5.69 Å². The van der Waals surface area contributed by atoms with Crippen molar-refractivity contribution < 1.29 is 14.6 Å². The molecule has 1 amide bonds. The van der Waals surface area contributed by atoms with Gasteiger partial charge in [0.1, 0.15) is 0 Å². The first-order valence-electron chi connectivity index (χ1n) is 10.1. The van der Waals surface area contributed by atoms with Gasteiger partial charge in [-0.3, -0.25) is 4.79 Å². The van der Waals surface area contributed by atoms with Gasteiger partial charge in [0.15, 0.2) is 5.96 Å². The number of aliphatic hydroxyl groups is 1.